The van der Waals surface area contributed by atoms with Crippen molar-refractivity contribution in [3.63, 3.8) is 0 Å². The molecule has 1 aliphatic rings. The van der Waals surface area contributed by atoms with E-state index in [0.29, 0.717) is 6.04 Å². The van der Waals surface area contributed by atoms with Crippen LogP contribution < -0.4 is 4.90 Å². The molecule has 1 aliphatic heterocycles. The minimum Gasteiger partial charge on any atom is -0.446 e. The second kappa shape index (κ2) is 4.81. The number of furan rings is 1. The number of aryl methyl sites for hydroxylation is 1. The van der Waals surface area contributed by atoms with Crippen molar-refractivity contribution in [2.24, 2.45) is 0 Å². The van der Waals surface area contributed by atoms with Crippen LogP contribution in [0.2, 0.25) is 0 Å². The standard InChI is InChI=1S/C17H19N3O/c1-11-7-5-6-10-20(11)17-16-15(18-12(2)19-17)13-8-3-4-9-14(13)21-16/h3-4,8-9,11H,5-7,10H2,1-2H3/p+1. The number of benzene rings is 1. The van der Waals surface area contributed by atoms with E-state index in [1.54, 1.807) is 0 Å². The van der Waals surface area contributed by atoms with E-state index in [9.17, 15) is 0 Å². The highest BCUT2D eigenvalue weighted by Gasteiger charge is 2.29. The lowest BCUT2D eigenvalue weighted by atomic mass is 10.0. The van der Waals surface area contributed by atoms with E-state index >= 15 is 0 Å². The van der Waals surface area contributed by atoms with Gasteiger partial charge in [-0.25, -0.2) is 4.98 Å². The Morgan fingerprint density at radius 1 is 1.19 bits per heavy atom. The molecule has 21 heavy (non-hydrogen) atoms. The average molecular weight is 282 g/mol. The molecule has 4 rings (SSSR count). The molecule has 1 saturated heterocycles. The van der Waals surface area contributed by atoms with Crippen LogP contribution in [0.15, 0.2) is 28.7 Å². The summed E-state index contributed by atoms with van der Waals surface area (Å²) in [5.41, 5.74) is 2.72. The number of quaternary nitrogens is 1. The fourth-order valence-electron chi connectivity index (χ4n) is 3.46. The summed E-state index contributed by atoms with van der Waals surface area (Å²) >= 11 is 0. The molecule has 2 atom stereocenters. The van der Waals surface area contributed by atoms with Crippen molar-refractivity contribution in [2.45, 2.75) is 39.2 Å². The minimum absolute atomic E-state index is 0.587. The maximum absolute atomic E-state index is 6.09. The van der Waals surface area contributed by atoms with Crippen LogP contribution in [0.3, 0.4) is 0 Å². The Morgan fingerprint density at radius 3 is 2.90 bits per heavy atom. The molecule has 0 radical (unpaired) electrons. The van der Waals surface area contributed by atoms with Gasteiger partial charge >= 0.3 is 0 Å². The van der Waals surface area contributed by atoms with Crippen LogP contribution in [-0.2, 0) is 0 Å². The van der Waals surface area contributed by atoms with E-state index in [1.807, 2.05) is 25.1 Å². The van der Waals surface area contributed by atoms with Crippen LogP contribution >= 0.6 is 0 Å². The Bertz CT molecular complexity index is 808. The molecule has 1 aromatic carbocycles. The zero-order valence-electron chi connectivity index (χ0n) is 12.5. The number of hydrogen-bond donors (Lipinski definition) is 1. The summed E-state index contributed by atoms with van der Waals surface area (Å²) in [6, 6.07) is 8.70. The van der Waals surface area contributed by atoms with E-state index in [1.165, 1.54) is 24.2 Å². The van der Waals surface area contributed by atoms with E-state index in [4.69, 9.17) is 9.40 Å². The molecular weight excluding hydrogens is 262 g/mol. The van der Waals surface area contributed by atoms with Gasteiger partial charge in [0.1, 0.15) is 16.9 Å². The monoisotopic (exact) mass is 282 g/mol. The third kappa shape index (κ3) is 2.02. The average Bonchev–Trinajstić information content (AvgIpc) is 2.86. The van der Waals surface area contributed by atoms with Crippen LogP contribution in [0, 0.1) is 6.92 Å². The number of rotatable bonds is 1. The van der Waals surface area contributed by atoms with Gasteiger partial charge in [0.05, 0.1) is 12.6 Å². The van der Waals surface area contributed by atoms with Crippen LogP contribution in [0.1, 0.15) is 32.0 Å². The SMILES string of the molecule is Cc1nc([NH+]2CCCCC2C)c2oc3ccccc3c2n1. The second-order valence-corrected chi connectivity index (χ2v) is 6.07. The zero-order valence-corrected chi connectivity index (χ0v) is 12.5. The summed E-state index contributed by atoms with van der Waals surface area (Å²) in [4.78, 5) is 10.8. The number of para-hydroxylation sites is 1. The number of hydrogen-bond acceptors (Lipinski definition) is 3. The van der Waals surface area contributed by atoms with E-state index in [-0.39, 0.29) is 0 Å². The number of fused-ring (bicyclic) bond motifs is 3. The van der Waals surface area contributed by atoms with Gasteiger partial charge in [-0.1, -0.05) is 12.1 Å². The first-order chi connectivity index (χ1) is 10.2. The van der Waals surface area contributed by atoms with Crippen LogP contribution in [-0.4, -0.2) is 22.6 Å². The molecular formula is C17H20N3O+. The van der Waals surface area contributed by atoms with Gasteiger partial charge in [-0.2, -0.15) is 4.98 Å². The molecule has 0 bridgehead atoms. The third-order valence-corrected chi connectivity index (χ3v) is 4.56. The third-order valence-electron chi connectivity index (χ3n) is 4.56. The first kappa shape index (κ1) is 12.8. The Hall–Kier alpha value is -1.94. The lowest BCUT2D eigenvalue weighted by molar-refractivity contribution is -0.865. The van der Waals surface area contributed by atoms with Gasteiger partial charge in [-0.05, 0) is 45.2 Å². The molecule has 3 heterocycles. The molecule has 0 spiro atoms. The Morgan fingerprint density at radius 2 is 2.05 bits per heavy atom. The molecule has 0 aliphatic carbocycles. The first-order valence-corrected chi connectivity index (χ1v) is 7.76. The van der Waals surface area contributed by atoms with Crippen molar-refractivity contribution in [2.75, 3.05) is 6.54 Å². The van der Waals surface area contributed by atoms with Gasteiger partial charge in [-0.15, -0.1) is 0 Å². The van der Waals surface area contributed by atoms with Crippen molar-refractivity contribution in [1.82, 2.24) is 9.97 Å². The van der Waals surface area contributed by atoms with Crippen molar-refractivity contribution >= 4 is 27.9 Å². The highest BCUT2D eigenvalue weighted by atomic mass is 16.3. The fourth-order valence-corrected chi connectivity index (χ4v) is 3.46. The maximum Gasteiger partial charge on any atom is 0.273 e. The molecule has 2 unspecified atom stereocenters. The van der Waals surface area contributed by atoms with Crippen molar-refractivity contribution in [1.29, 1.82) is 0 Å². The van der Waals surface area contributed by atoms with Crippen molar-refractivity contribution in [3.05, 3.63) is 30.1 Å². The molecule has 0 saturated carbocycles. The zero-order chi connectivity index (χ0) is 14.4. The molecule has 1 fully saturated rings. The van der Waals surface area contributed by atoms with E-state index in [0.717, 1.165) is 40.3 Å². The molecule has 108 valence electrons. The Balaban J connectivity index is 1.99. The minimum atomic E-state index is 0.587. The molecule has 3 aromatic rings. The van der Waals surface area contributed by atoms with Crippen molar-refractivity contribution in [3.8, 4) is 0 Å². The molecule has 4 nitrogen and oxygen atoms in total. The molecule has 0 amide bonds. The Kier molecular flexibility index (Phi) is 2.93. The summed E-state index contributed by atoms with van der Waals surface area (Å²) in [5, 5.41) is 1.09. The predicted molar refractivity (Wildman–Crippen MR) is 82.8 cm³/mol. The largest absolute Gasteiger partial charge is 0.446 e. The van der Waals surface area contributed by atoms with Crippen LogP contribution in [0.4, 0.5) is 5.82 Å². The summed E-state index contributed by atoms with van der Waals surface area (Å²) < 4.78 is 6.09. The Labute approximate surface area is 123 Å². The summed E-state index contributed by atoms with van der Waals surface area (Å²) in [6.07, 6.45) is 3.82. The van der Waals surface area contributed by atoms with Gasteiger partial charge in [0.2, 0.25) is 5.58 Å². The van der Waals surface area contributed by atoms with Crippen molar-refractivity contribution < 1.29 is 9.32 Å². The lowest BCUT2D eigenvalue weighted by Crippen LogP contribution is -3.12. The quantitative estimate of drug-likeness (QED) is 0.746. The van der Waals surface area contributed by atoms with Gasteiger partial charge in [0.15, 0.2) is 0 Å². The smallest absolute Gasteiger partial charge is 0.273 e. The first-order valence-electron chi connectivity index (χ1n) is 7.76. The van der Waals surface area contributed by atoms with E-state index < -0.39 is 0 Å². The predicted octanol–water partition coefficient (Wildman–Crippen LogP) is 2.77. The normalized spacial score (nSPS) is 23.0. The second-order valence-electron chi connectivity index (χ2n) is 6.07. The van der Waals surface area contributed by atoms with Crippen LogP contribution in [0.5, 0.6) is 0 Å². The maximum atomic E-state index is 6.09. The number of nitrogens with zero attached hydrogens (tertiary/aromatic N) is 2. The molecule has 2 aromatic heterocycles. The topological polar surface area (TPSA) is 43.4 Å². The fraction of sp³-hybridized carbons (Fsp3) is 0.412. The molecule has 1 N–H and O–H groups in total. The summed E-state index contributed by atoms with van der Waals surface area (Å²) in [7, 11) is 0. The van der Waals surface area contributed by atoms with Gasteiger partial charge < -0.3 is 4.42 Å². The highest BCUT2D eigenvalue weighted by Crippen LogP contribution is 2.30. The van der Waals surface area contributed by atoms with Crippen LogP contribution in [0.25, 0.3) is 22.1 Å². The van der Waals surface area contributed by atoms with E-state index in [2.05, 4.69) is 18.0 Å². The summed E-state index contributed by atoms with van der Waals surface area (Å²) in [6.45, 7) is 5.41. The highest BCUT2D eigenvalue weighted by molar-refractivity contribution is 6.04. The summed E-state index contributed by atoms with van der Waals surface area (Å²) in [5.74, 6) is 1.87. The number of aromatic nitrogens is 2. The lowest BCUT2D eigenvalue weighted by Gasteiger charge is -2.28. The number of nitrogens with one attached hydrogen (secondary N) is 1. The van der Waals surface area contributed by atoms with Gasteiger partial charge in [0.25, 0.3) is 5.82 Å². The van der Waals surface area contributed by atoms with Gasteiger partial charge in [0, 0.05) is 5.39 Å². The number of piperidine rings is 1. The molecule has 4 heteroatoms. The van der Waals surface area contributed by atoms with Gasteiger partial charge in [-0.3, -0.25) is 4.90 Å².